The number of amides is 1. The molecule has 10 nitrogen and oxygen atoms in total. The minimum absolute atomic E-state index is 0.226. The highest BCUT2D eigenvalue weighted by Gasteiger charge is 2.44. The van der Waals surface area contributed by atoms with E-state index in [1.54, 1.807) is 0 Å². The second kappa shape index (κ2) is 8.39. The van der Waals surface area contributed by atoms with Gasteiger partial charge in [0, 0.05) is 20.0 Å². The number of hydrogen-bond acceptors (Lipinski definition) is 9. The average Bonchev–Trinajstić information content (AvgIpc) is 2.61. The van der Waals surface area contributed by atoms with E-state index in [1.807, 2.05) is 0 Å². The lowest BCUT2D eigenvalue weighted by molar-refractivity contribution is -0.155. The highest BCUT2D eigenvalue weighted by molar-refractivity contribution is 5.89. The molecule has 0 aromatic carbocycles. The van der Waals surface area contributed by atoms with Crippen molar-refractivity contribution in [2.75, 3.05) is 26.8 Å². The van der Waals surface area contributed by atoms with E-state index in [4.69, 9.17) is 15.2 Å². The SMILES string of the molecule is COC(=O)C1=C[C@H](N)[C@@H](NC(C)=O)[C@H](C(O)C(=O)[C@@H]2CNCCO2)O1. The molecule has 1 fully saturated rings. The molecule has 10 heteroatoms. The van der Waals surface area contributed by atoms with Crippen LogP contribution in [-0.2, 0) is 28.6 Å². The summed E-state index contributed by atoms with van der Waals surface area (Å²) < 4.78 is 15.4. The van der Waals surface area contributed by atoms with Gasteiger partial charge in [0.05, 0.1) is 25.8 Å². The number of rotatable bonds is 5. The third kappa shape index (κ3) is 4.54. The smallest absolute Gasteiger partial charge is 0.373 e. The Morgan fingerprint density at radius 3 is 2.76 bits per heavy atom. The minimum Gasteiger partial charge on any atom is -0.478 e. The van der Waals surface area contributed by atoms with Crippen LogP contribution in [0.25, 0.3) is 0 Å². The maximum Gasteiger partial charge on any atom is 0.373 e. The van der Waals surface area contributed by atoms with Crippen LogP contribution < -0.4 is 16.4 Å². The highest BCUT2D eigenvalue weighted by Crippen LogP contribution is 2.22. The quantitative estimate of drug-likeness (QED) is 0.382. The fourth-order valence-corrected chi connectivity index (χ4v) is 2.75. The van der Waals surface area contributed by atoms with Crippen LogP contribution in [0.2, 0.25) is 0 Å². The monoisotopic (exact) mass is 357 g/mol. The molecule has 0 aromatic heterocycles. The fourth-order valence-electron chi connectivity index (χ4n) is 2.75. The maximum absolute atomic E-state index is 12.5. The largest absolute Gasteiger partial charge is 0.478 e. The number of aliphatic hydroxyl groups excluding tert-OH is 1. The van der Waals surface area contributed by atoms with Crippen molar-refractivity contribution in [3.8, 4) is 0 Å². The maximum atomic E-state index is 12.5. The number of Topliss-reactive ketones (excluding diaryl/α,β-unsaturated/α-hetero) is 1. The van der Waals surface area contributed by atoms with Crippen molar-refractivity contribution in [3.05, 3.63) is 11.8 Å². The van der Waals surface area contributed by atoms with E-state index >= 15 is 0 Å². The number of ketones is 1. The lowest BCUT2D eigenvalue weighted by Crippen LogP contribution is -2.62. The molecule has 2 aliphatic heterocycles. The lowest BCUT2D eigenvalue weighted by Gasteiger charge is -2.38. The highest BCUT2D eigenvalue weighted by atomic mass is 16.6. The molecule has 2 rings (SSSR count). The van der Waals surface area contributed by atoms with Gasteiger partial charge in [0.2, 0.25) is 11.7 Å². The molecular weight excluding hydrogens is 334 g/mol. The minimum atomic E-state index is -1.65. The zero-order chi connectivity index (χ0) is 18.6. The Morgan fingerprint density at radius 2 is 2.20 bits per heavy atom. The number of carbonyl (C=O) groups excluding carboxylic acids is 3. The molecule has 5 N–H and O–H groups in total. The standard InChI is InChI=1S/C15H23N3O7/c1-7(19)18-11-8(16)5-9(15(22)23-2)25-14(11)13(21)12(20)10-6-17-3-4-24-10/h5,8,10-11,13-14,17,21H,3-4,6,16H2,1-2H3,(H,18,19)/t8-,10-,11+,13?,14+/m0/s1. The Hall–Kier alpha value is -2.01. The van der Waals surface area contributed by atoms with Crippen molar-refractivity contribution < 1.29 is 33.7 Å². The van der Waals surface area contributed by atoms with Crippen LogP contribution in [0, 0.1) is 0 Å². The fraction of sp³-hybridized carbons (Fsp3) is 0.667. The van der Waals surface area contributed by atoms with Gasteiger partial charge in [-0.2, -0.15) is 0 Å². The molecular formula is C15H23N3O7. The van der Waals surface area contributed by atoms with Gasteiger partial charge in [0.1, 0.15) is 6.10 Å². The van der Waals surface area contributed by atoms with Gasteiger partial charge in [0.25, 0.3) is 0 Å². The molecule has 0 bridgehead atoms. The first kappa shape index (κ1) is 19.3. The third-order valence-electron chi connectivity index (χ3n) is 3.98. The van der Waals surface area contributed by atoms with Crippen LogP contribution >= 0.6 is 0 Å². The number of nitrogens with two attached hydrogens (primary N) is 1. The number of methoxy groups -OCH3 is 1. The van der Waals surface area contributed by atoms with Crippen molar-refractivity contribution >= 4 is 17.7 Å². The molecule has 0 saturated carbocycles. The van der Waals surface area contributed by atoms with E-state index in [0.29, 0.717) is 13.2 Å². The van der Waals surface area contributed by atoms with Crippen LogP contribution in [0.4, 0.5) is 0 Å². The predicted octanol–water partition coefficient (Wildman–Crippen LogP) is -2.81. The van der Waals surface area contributed by atoms with Crippen molar-refractivity contribution in [3.63, 3.8) is 0 Å². The molecule has 1 unspecified atom stereocenters. The van der Waals surface area contributed by atoms with Crippen molar-refractivity contribution in [2.24, 2.45) is 5.73 Å². The Bertz CT molecular complexity index is 559. The molecule has 0 spiro atoms. The van der Waals surface area contributed by atoms with E-state index < -0.39 is 48.1 Å². The van der Waals surface area contributed by atoms with Crippen molar-refractivity contribution in [1.29, 1.82) is 0 Å². The molecule has 2 heterocycles. The summed E-state index contributed by atoms with van der Waals surface area (Å²) in [7, 11) is 1.16. The first-order valence-electron chi connectivity index (χ1n) is 7.88. The van der Waals surface area contributed by atoms with E-state index in [1.165, 1.54) is 13.0 Å². The van der Waals surface area contributed by atoms with Gasteiger partial charge in [0.15, 0.2) is 18.0 Å². The summed E-state index contributed by atoms with van der Waals surface area (Å²) in [6.07, 6.45) is -2.48. The summed E-state index contributed by atoms with van der Waals surface area (Å²) in [4.78, 5) is 35.7. The zero-order valence-corrected chi connectivity index (χ0v) is 14.1. The summed E-state index contributed by atoms with van der Waals surface area (Å²) >= 11 is 0. The van der Waals surface area contributed by atoms with Gasteiger partial charge in [-0.15, -0.1) is 0 Å². The lowest BCUT2D eigenvalue weighted by atomic mass is 9.91. The molecule has 5 atom stereocenters. The average molecular weight is 357 g/mol. The number of hydrogen-bond donors (Lipinski definition) is 4. The Labute approximate surface area is 144 Å². The van der Waals surface area contributed by atoms with Gasteiger partial charge < -0.3 is 35.7 Å². The summed E-state index contributed by atoms with van der Waals surface area (Å²) in [6, 6.07) is -1.76. The number of esters is 1. The Balaban J connectivity index is 2.22. The normalized spacial score (nSPS) is 30.5. The van der Waals surface area contributed by atoms with Crippen LogP contribution in [-0.4, -0.2) is 80.0 Å². The zero-order valence-electron chi connectivity index (χ0n) is 14.1. The topological polar surface area (TPSA) is 149 Å². The van der Waals surface area contributed by atoms with Gasteiger partial charge >= 0.3 is 5.97 Å². The number of nitrogens with one attached hydrogen (secondary N) is 2. The summed E-state index contributed by atoms with van der Waals surface area (Å²) in [5.41, 5.74) is 5.97. The van der Waals surface area contributed by atoms with E-state index in [-0.39, 0.29) is 12.3 Å². The second-order valence-corrected chi connectivity index (χ2v) is 5.82. The summed E-state index contributed by atoms with van der Waals surface area (Å²) in [5.74, 6) is -2.06. The molecule has 25 heavy (non-hydrogen) atoms. The first-order valence-corrected chi connectivity index (χ1v) is 7.88. The molecule has 0 aromatic rings. The third-order valence-corrected chi connectivity index (χ3v) is 3.98. The Morgan fingerprint density at radius 1 is 1.48 bits per heavy atom. The van der Waals surface area contributed by atoms with Crippen LogP contribution in [0.1, 0.15) is 6.92 Å². The second-order valence-electron chi connectivity index (χ2n) is 5.82. The first-order chi connectivity index (χ1) is 11.8. The van der Waals surface area contributed by atoms with E-state index in [9.17, 15) is 19.5 Å². The molecule has 2 aliphatic rings. The molecule has 140 valence electrons. The summed E-state index contributed by atoms with van der Waals surface area (Å²) in [5, 5.41) is 16.0. The van der Waals surface area contributed by atoms with Crippen LogP contribution in [0.15, 0.2) is 11.8 Å². The Kier molecular flexibility index (Phi) is 6.48. The van der Waals surface area contributed by atoms with Crippen LogP contribution in [0.5, 0.6) is 0 Å². The number of carbonyl (C=O) groups is 3. The van der Waals surface area contributed by atoms with Gasteiger partial charge in [-0.25, -0.2) is 4.79 Å². The van der Waals surface area contributed by atoms with Gasteiger partial charge in [-0.05, 0) is 6.08 Å². The number of aliphatic hydroxyl groups is 1. The van der Waals surface area contributed by atoms with Crippen molar-refractivity contribution in [2.45, 2.75) is 37.3 Å². The number of ether oxygens (including phenoxy) is 3. The molecule has 1 amide bonds. The molecule has 0 aliphatic carbocycles. The van der Waals surface area contributed by atoms with E-state index in [0.717, 1.165) is 7.11 Å². The van der Waals surface area contributed by atoms with E-state index in [2.05, 4.69) is 15.4 Å². The molecule has 0 radical (unpaired) electrons. The molecule has 1 saturated heterocycles. The number of morpholine rings is 1. The van der Waals surface area contributed by atoms with Crippen molar-refractivity contribution in [1.82, 2.24) is 10.6 Å². The van der Waals surface area contributed by atoms with Gasteiger partial charge in [-0.1, -0.05) is 0 Å². The summed E-state index contributed by atoms with van der Waals surface area (Å²) in [6.45, 7) is 2.45. The van der Waals surface area contributed by atoms with Crippen LogP contribution in [0.3, 0.4) is 0 Å². The van der Waals surface area contributed by atoms with Gasteiger partial charge in [-0.3, -0.25) is 9.59 Å². The predicted molar refractivity (Wildman–Crippen MR) is 84.2 cm³/mol.